The van der Waals surface area contributed by atoms with Crippen molar-refractivity contribution in [3.8, 4) is 0 Å². The minimum absolute atomic E-state index is 0.114. The topological polar surface area (TPSA) is 29.1 Å². The van der Waals surface area contributed by atoms with E-state index < -0.39 is 0 Å². The summed E-state index contributed by atoms with van der Waals surface area (Å²) >= 11 is 7.03. The van der Waals surface area contributed by atoms with Crippen molar-refractivity contribution in [1.29, 1.82) is 0 Å². The minimum Gasteiger partial charge on any atom is -0.355 e. The zero-order valence-electron chi connectivity index (χ0n) is 13.8. The van der Waals surface area contributed by atoms with Crippen LogP contribution in [0.5, 0.6) is 0 Å². The largest absolute Gasteiger partial charge is 0.355 e. The summed E-state index contributed by atoms with van der Waals surface area (Å²) < 4.78 is 1.10. The second kappa shape index (κ2) is 10.9. The summed E-state index contributed by atoms with van der Waals surface area (Å²) in [6.45, 7) is 2.87. The number of hydrogen-bond donors (Lipinski definition) is 1. The van der Waals surface area contributed by atoms with Crippen molar-refractivity contribution in [2.24, 2.45) is 0 Å². The zero-order chi connectivity index (χ0) is 17.2. The van der Waals surface area contributed by atoms with Gasteiger partial charge in [0, 0.05) is 28.3 Å². The number of thioether (sulfide) groups is 2. The molecule has 24 heavy (non-hydrogen) atoms. The Labute approximate surface area is 161 Å². The van der Waals surface area contributed by atoms with E-state index in [1.807, 2.05) is 30.0 Å². The predicted molar refractivity (Wildman–Crippen MR) is 111 cm³/mol. The number of carbonyl (C=O) groups excluding carboxylic acids is 1. The number of aryl methyl sites for hydroxylation is 1. The summed E-state index contributed by atoms with van der Waals surface area (Å²) in [7, 11) is 0. The lowest BCUT2D eigenvalue weighted by atomic mass is 10.1. The molecule has 1 amide bonds. The maximum Gasteiger partial charge on any atom is 0.230 e. The first kappa shape index (κ1) is 19.4. The van der Waals surface area contributed by atoms with Gasteiger partial charge in [-0.3, -0.25) is 4.79 Å². The first-order chi connectivity index (χ1) is 11.7. The Morgan fingerprint density at radius 3 is 2.42 bits per heavy atom. The molecule has 2 rings (SSSR count). The second-order valence-electron chi connectivity index (χ2n) is 5.41. The standard InChI is InChI=1S/C19H22BrNOS2/c1-15-6-2-3-7-16(15)12-23-11-10-21-19(22)14-24-13-17-8-4-5-9-18(17)20/h2-9H,10-14H2,1H3,(H,21,22). The van der Waals surface area contributed by atoms with Gasteiger partial charge in [0.15, 0.2) is 0 Å². The number of nitrogens with one attached hydrogen (secondary N) is 1. The molecule has 1 N–H and O–H groups in total. The van der Waals surface area contributed by atoms with Gasteiger partial charge in [0.25, 0.3) is 0 Å². The smallest absolute Gasteiger partial charge is 0.230 e. The van der Waals surface area contributed by atoms with Gasteiger partial charge in [-0.25, -0.2) is 0 Å². The summed E-state index contributed by atoms with van der Waals surface area (Å²) in [5.74, 6) is 3.40. The van der Waals surface area contributed by atoms with E-state index in [0.717, 1.165) is 28.3 Å². The van der Waals surface area contributed by atoms with Crippen LogP contribution >= 0.6 is 39.5 Å². The van der Waals surface area contributed by atoms with Crippen LogP contribution in [0, 0.1) is 6.92 Å². The average molecular weight is 424 g/mol. The van der Waals surface area contributed by atoms with Gasteiger partial charge in [0.05, 0.1) is 5.75 Å². The van der Waals surface area contributed by atoms with Gasteiger partial charge in [-0.15, -0.1) is 11.8 Å². The Morgan fingerprint density at radius 2 is 1.67 bits per heavy atom. The molecule has 0 saturated carbocycles. The predicted octanol–water partition coefficient (Wildman–Crippen LogP) is 5.04. The van der Waals surface area contributed by atoms with Crippen LogP contribution in [0.15, 0.2) is 53.0 Å². The fourth-order valence-electron chi connectivity index (χ4n) is 2.14. The molecule has 0 fully saturated rings. The van der Waals surface area contributed by atoms with E-state index in [1.165, 1.54) is 16.7 Å². The number of rotatable bonds is 9. The molecular formula is C19H22BrNOS2. The number of hydrogen-bond acceptors (Lipinski definition) is 3. The Bertz CT molecular complexity index is 663. The third-order valence-corrected chi connectivity index (χ3v) is 6.30. The highest BCUT2D eigenvalue weighted by Gasteiger charge is 2.04. The molecule has 2 aromatic rings. The van der Waals surface area contributed by atoms with Crippen LogP contribution in [0.3, 0.4) is 0 Å². The van der Waals surface area contributed by atoms with Crippen molar-refractivity contribution >= 4 is 45.4 Å². The van der Waals surface area contributed by atoms with Gasteiger partial charge in [-0.2, -0.15) is 11.8 Å². The fourth-order valence-corrected chi connectivity index (χ4v) is 4.54. The molecule has 2 nitrogen and oxygen atoms in total. The number of amides is 1. The lowest BCUT2D eigenvalue weighted by molar-refractivity contribution is -0.118. The van der Waals surface area contributed by atoms with Crippen LogP contribution in [0.25, 0.3) is 0 Å². The lowest BCUT2D eigenvalue weighted by Gasteiger charge is -2.07. The molecule has 0 radical (unpaired) electrons. The minimum atomic E-state index is 0.114. The average Bonchev–Trinajstić information content (AvgIpc) is 2.58. The van der Waals surface area contributed by atoms with Gasteiger partial charge >= 0.3 is 0 Å². The van der Waals surface area contributed by atoms with E-state index >= 15 is 0 Å². The third-order valence-electron chi connectivity index (χ3n) is 3.54. The van der Waals surface area contributed by atoms with E-state index in [-0.39, 0.29) is 5.91 Å². The molecule has 0 aliphatic heterocycles. The lowest BCUT2D eigenvalue weighted by Crippen LogP contribution is -2.27. The molecule has 0 aliphatic rings. The molecule has 0 saturated heterocycles. The van der Waals surface area contributed by atoms with Crippen LogP contribution < -0.4 is 5.32 Å². The highest BCUT2D eigenvalue weighted by Crippen LogP contribution is 2.21. The number of halogens is 1. The number of carbonyl (C=O) groups is 1. The van der Waals surface area contributed by atoms with Gasteiger partial charge in [0.1, 0.15) is 0 Å². The van der Waals surface area contributed by atoms with Crippen LogP contribution in [-0.2, 0) is 16.3 Å². The van der Waals surface area contributed by atoms with E-state index in [9.17, 15) is 4.79 Å². The van der Waals surface area contributed by atoms with Crippen LogP contribution in [-0.4, -0.2) is 24.0 Å². The summed E-state index contributed by atoms with van der Waals surface area (Å²) in [6.07, 6.45) is 0. The molecule has 0 aliphatic carbocycles. The summed E-state index contributed by atoms with van der Waals surface area (Å²) in [5.41, 5.74) is 3.93. The van der Waals surface area contributed by atoms with Gasteiger partial charge in [-0.1, -0.05) is 58.4 Å². The molecular weight excluding hydrogens is 402 g/mol. The van der Waals surface area contributed by atoms with Crippen molar-refractivity contribution in [2.75, 3.05) is 18.1 Å². The number of benzene rings is 2. The van der Waals surface area contributed by atoms with Crippen LogP contribution in [0.2, 0.25) is 0 Å². The van der Waals surface area contributed by atoms with Crippen molar-refractivity contribution in [3.05, 3.63) is 69.7 Å². The molecule has 0 heterocycles. The van der Waals surface area contributed by atoms with E-state index in [2.05, 4.69) is 58.5 Å². The van der Waals surface area contributed by atoms with Crippen molar-refractivity contribution in [3.63, 3.8) is 0 Å². The zero-order valence-corrected chi connectivity index (χ0v) is 17.0. The normalized spacial score (nSPS) is 10.6. The Kier molecular flexibility index (Phi) is 8.78. The van der Waals surface area contributed by atoms with Crippen molar-refractivity contribution in [1.82, 2.24) is 5.32 Å². The van der Waals surface area contributed by atoms with Gasteiger partial charge in [-0.05, 0) is 29.7 Å². The molecule has 0 unspecified atom stereocenters. The fraction of sp³-hybridized carbons (Fsp3) is 0.316. The SMILES string of the molecule is Cc1ccccc1CSCCNC(=O)CSCc1ccccc1Br. The molecule has 0 bridgehead atoms. The highest BCUT2D eigenvalue weighted by molar-refractivity contribution is 9.10. The van der Waals surface area contributed by atoms with Crippen LogP contribution in [0.1, 0.15) is 16.7 Å². The van der Waals surface area contributed by atoms with Gasteiger partial charge < -0.3 is 5.32 Å². The van der Waals surface area contributed by atoms with Crippen LogP contribution in [0.4, 0.5) is 0 Å². The summed E-state index contributed by atoms with van der Waals surface area (Å²) in [5, 5.41) is 2.99. The monoisotopic (exact) mass is 423 g/mol. The molecule has 2 aromatic carbocycles. The first-order valence-corrected chi connectivity index (χ1v) is 11.0. The molecule has 0 spiro atoms. The Morgan fingerprint density at radius 1 is 1.00 bits per heavy atom. The van der Waals surface area contributed by atoms with Gasteiger partial charge in [0.2, 0.25) is 5.91 Å². The van der Waals surface area contributed by atoms with Crippen molar-refractivity contribution < 1.29 is 4.79 Å². The van der Waals surface area contributed by atoms with E-state index in [1.54, 1.807) is 11.8 Å². The quantitative estimate of drug-likeness (QED) is 0.572. The molecule has 5 heteroatoms. The Hall–Kier alpha value is -0.910. The van der Waals surface area contributed by atoms with E-state index in [0.29, 0.717) is 5.75 Å². The summed E-state index contributed by atoms with van der Waals surface area (Å²) in [6, 6.07) is 16.6. The van der Waals surface area contributed by atoms with E-state index in [4.69, 9.17) is 0 Å². The summed E-state index contributed by atoms with van der Waals surface area (Å²) in [4.78, 5) is 11.9. The third kappa shape index (κ3) is 6.91. The Balaban J connectivity index is 1.55. The molecule has 128 valence electrons. The maximum atomic E-state index is 11.9. The maximum absolute atomic E-state index is 11.9. The van der Waals surface area contributed by atoms with Crippen molar-refractivity contribution in [2.45, 2.75) is 18.4 Å². The molecule has 0 aromatic heterocycles. The second-order valence-corrected chi connectivity index (χ2v) is 8.36. The highest BCUT2D eigenvalue weighted by atomic mass is 79.9. The molecule has 0 atom stereocenters. The first-order valence-electron chi connectivity index (χ1n) is 7.87.